The van der Waals surface area contributed by atoms with Crippen LogP contribution in [0.25, 0.3) is 0 Å². The van der Waals surface area contributed by atoms with Crippen molar-refractivity contribution in [2.45, 2.75) is 12.6 Å². The highest BCUT2D eigenvalue weighted by Gasteiger charge is 2.33. The second-order valence-corrected chi connectivity index (χ2v) is 4.06. The maximum atomic E-state index is 13.7. The number of hydrogen-bond donors (Lipinski definition) is 3. The van der Waals surface area contributed by atoms with E-state index in [4.69, 9.17) is 16.2 Å². The van der Waals surface area contributed by atoms with Gasteiger partial charge in [0.25, 0.3) is 0 Å². The number of hydrogen-bond acceptors (Lipinski definition) is 5. The summed E-state index contributed by atoms with van der Waals surface area (Å²) in [5.74, 6) is 0.265. The van der Waals surface area contributed by atoms with Crippen LogP contribution in [0.15, 0.2) is 35.1 Å². The monoisotopic (exact) mass is 250 g/mol. The summed E-state index contributed by atoms with van der Waals surface area (Å²) in [7, 11) is 1.40. The van der Waals surface area contributed by atoms with Gasteiger partial charge < -0.3 is 15.8 Å². The fourth-order valence-electron chi connectivity index (χ4n) is 1.79. The molecule has 1 heterocycles. The van der Waals surface area contributed by atoms with Crippen LogP contribution in [0.1, 0.15) is 12.5 Å². The molecule has 96 valence electrons. The standard InChI is InChI=1S/C12H15FN4O/c1-7-16-6-11(14)12(15,17-7)8-3-4-10(18-2)9(13)5-8/h3-6H,14-15H2,1-2H3,(H,16,17). The van der Waals surface area contributed by atoms with Crippen LogP contribution in [0.2, 0.25) is 0 Å². The summed E-state index contributed by atoms with van der Waals surface area (Å²) in [4.78, 5) is 4.24. The number of aliphatic imine (C=N–C) groups is 1. The molecule has 0 amide bonds. The molecule has 0 radical (unpaired) electrons. The zero-order valence-electron chi connectivity index (χ0n) is 10.2. The van der Waals surface area contributed by atoms with Gasteiger partial charge in [-0.25, -0.2) is 9.38 Å². The minimum atomic E-state index is -1.25. The smallest absolute Gasteiger partial charge is 0.177 e. The highest BCUT2D eigenvalue weighted by atomic mass is 19.1. The minimum Gasteiger partial charge on any atom is -0.494 e. The van der Waals surface area contributed by atoms with Crippen molar-refractivity contribution >= 4 is 5.84 Å². The van der Waals surface area contributed by atoms with Crippen LogP contribution in [0.5, 0.6) is 5.75 Å². The Bertz CT molecular complexity index is 541. The Labute approximate surface area is 104 Å². The lowest BCUT2D eigenvalue weighted by Gasteiger charge is -2.30. The molecule has 2 rings (SSSR count). The quantitative estimate of drug-likeness (QED) is 0.723. The van der Waals surface area contributed by atoms with Crippen LogP contribution in [-0.4, -0.2) is 12.9 Å². The van der Waals surface area contributed by atoms with Crippen LogP contribution < -0.4 is 21.5 Å². The zero-order chi connectivity index (χ0) is 13.3. The predicted molar refractivity (Wildman–Crippen MR) is 67.3 cm³/mol. The third kappa shape index (κ3) is 1.91. The van der Waals surface area contributed by atoms with Gasteiger partial charge in [0, 0.05) is 11.8 Å². The first-order valence-corrected chi connectivity index (χ1v) is 5.39. The van der Waals surface area contributed by atoms with Gasteiger partial charge in [-0.05, 0) is 19.1 Å². The summed E-state index contributed by atoms with van der Waals surface area (Å²) in [5, 5.41) is 2.86. The van der Waals surface area contributed by atoms with Crippen molar-refractivity contribution in [2.24, 2.45) is 16.5 Å². The third-order valence-electron chi connectivity index (χ3n) is 2.81. The van der Waals surface area contributed by atoms with Crippen molar-refractivity contribution < 1.29 is 9.13 Å². The molecule has 0 aliphatic carbocycles. The molecule has 0 bridgehead atoms. The summed E-state index contributed by atoms with van der Waals surface area (Å²) >= 11 is 0. The second-order valence-electron chi connectivity index (χ2n) is 4.06. The van der Waals surface area contributed by atoms with Crippen molar-refractivity contribution in [3.8, 4) is 5.75 Å². The average molecular weight is 250 g/mol. The number of rotatable bonds is 2. The van der Waals surface area contributed by atoms with Gasteiger partial charge in [-0.2, -0.15) is 0 Å². The number of methoxy groups -OCH3 is 1. The van der Waals surface area contributed by atoms with Gasteiger partial charge in [-0.15, -0.1) is 0 Å². The molecule has 1 atom stereocenters. The van der Waals surface area contributed by atoms with E-state index in [1.165, 1.54) is 19.2 Å². The molecule has 0 aromatic heterocycles. The van der Waals surface area contributed by atoms with E-state index in [-0.39, 0.29) is 5.75 Å². The van der Waals surface area contributed by atoms with Crippen molar-refractivity contribution in [1.29, 1.82) is 0 Å². The summed E-state index contributed by atoms with van der Waals surface area (Å²) in [5.41, 5.74) is 11.5. The van der Waals surface area contributed by atoms with Gasteiger partial charge in [-0.1, -0.05) is 6.07 Å². The van der Waals surface area contributed by atoms with Gasteiger partial charge in [0.05, 0.1) is 12.8 Å². The molecule has 6 heteroatoms. The van der Waals surface area contributed by atoms with E-state index in [2.05, 4.69) is 10.3 Å². The number of nitrogens with two attached hydrogens (primary N) is 2. The van der Waals surface area contributed by atoms with E-state index in [1.54, 1.807) is 19.2 Å². The summed E-state index contributed by atoms with van der Waals surface area (Å²) in [6, 6.07) is 4.42. The Balaban J connectivity index is 2.50. The summed E-state index contributed by atoms with van der Waals surface area (Å²) in [6.07, 6.45) is 1.56. The fourth-order valence-corrected chi connectivity index (χ4v) is 1.79. The molecule has 0 spiro atoms. The topological polar surface area (TPSA) is 85.7 Å². The predicted octanol–water partition coefficient (Wildman–Crippen LogP) is 0.768. The minimum absolute atomic E-state index is 0.152. The molecule has 1 aromatic rings. The molecule has 0 fully saturated rings. The number of halogens is 1. The van der Waals surface area contributed by atoms with Crippen LogP contribution >= 0.6 is 0 Å². The number of benzene rings is 1. The van der Waals surface area contributed by atoms with Gasteiger partial charge in [0.1, 0.15) is 5.84 Å². The molecule has 1 aliphatic heterocycles. The van der Waals surface area contributed by atoms with Gasteiger partial charge in [0.2, 0.25) is 0 Å². The van der Waals surface area contributed by atoms with Crippen LogP contribution in [0.3, 0.4) is 0 Å². The highest BCUT2D eigenvalue weighted by molar-refractivity contribution is 5.82. The van der Waals surface area contributed by atoms with E-state index in [0.717, 1.165) is 0 Å². The van der Waals surface area contributed by atoms with Gasteiger partial charge in [-0.3, -0.25) is 5.73 Å². The average Bonchev–Trinajstić information content (AvgIpc) is 2.34. The molecule has 1 unspecified atom stereocenters. The third-order valence-corrected chi connectivity index (χ3v) is 2.81. The van der Waals surface area contributed by atoms with Crippen molar-refractivity contribution in [3.63, 3.8) is 0 Å². The maximum Gasteiger partial charge on any atom is 0.177 e. The molecule has 1 aliphatic rings. The summed E-state index contributed by atoms with van der Waals surface area (Å²) < 4.78 is 18.6. The number of amidine groups is 1. The van der Waals surface area contributed by atoms with Crippen LogP contribution in [0.4, 0.5) is 4.39 Å². The molecule has 5 nitrogen and oxygen atoms in total. The first kappa shape index (κ1) is 12.4. The van der Waals surface area contributed by atoms with Crippen molar-refractivity contribution in [2.75, 3.05) is 7.11 Å². The molecule has 0 saturated carbocycles. The number of nitrogens with zero attached hydrogens (tertiary/aromatic N) is 1. The van der Waals surface area contributed by atoms with Crippen LogP contribution in [-0.2, 0) is 5.66 Å². The lowest BCUT2D eigenvalue weighted by atomic mass is 9.96. The van der Waals surface area contributed by atoms with Gasteiger partial charge >= 0.3 is 0 Å². The number of nitrogens with one attached hydrogen (secondary N) is 1. The van der Waals surface area contributed by atoms with E-state index < -0.39 is 11.5 Å². The molecule has 5 N–H and O–H groups in total. The van der Waals surface area contributed by atoms with Crippen molar-refractivity contribution in [1.82, 2.24) is 5.32 Å². The Hall–Kier alpha value is -2.08. The number of ether oxygens (including phenoxy) is 1. The first-order valence-electron chi connectivity index (χ1n) is 5.39. The van der Waals surface area contributed by atoms with E-state index in [0.29, 0.717) is 17.1 Å². The molecule has 18 heavy (non-hydrogen) atoms. The molecule has 0 saturated heterocycles. The lowest BCUT2D eigenvalue weighted by molar-refractivity contribution is 0.385. The zero-order valence-corrected chi connectivity index (χ0v) is 10.2. The second kappa shape index (κ2) is 4.30. The lowest BCUT2D eigenvalue weighted by Crippen LogP contribution is -2.45. The molecule has 1 aromatic carbocycles. The first-order chi connectivity index (χ1) is 8.47. The molecular formula is C12H15FN4O. The molecular weight excluding hydrogens is 235 g/mol. The Morgan fingerprint density at radius 2 is 2.17 bits per heavy atom. The SMILES string of the molecule is COc1ccc(C2(N)N=C(C)NC=C2N)cc1F. The maximum absolute atomic E-state index is 13.7. The van der Waals surface area contributed by atoms with E-state index in [9.17, 15) is 4.39 Å². The van der Waals surface area contributed by atoms with Gasteiger partial charge in [0.15, 0.2) is 17.2 Å². The van der Waals surface area contributed by atoms with E-state index in [1.807, 2.05) is 0 Å². The normalized spacial score (nSPS) is 22.9. The Morgan fingerprint density at radius 1 is 1.44 bits per heavy atom. The fraction of sp³-hybridized carbons (Fsp3) is 0.250. The van der Waals surface area contributed by atoms with Crippen LogP contribution in [0, 0.1) is 5.82 Å². The highest BCUT2D eigenvalue weighted by Crippen LogP contribution is 2.30. The Kier molecular flexibility index (Phi) is 2.96. The summed E-state index contributed by atoms with van der Waals surface area (Å²) in [6.45, 7) is 1.75. The van der Waals surface area contributed by atoms with E-state index >= 15 is 0 Å². The largest absolute Gasteiger partial charge is 0.494 e. The van der Waals surface area contributed by atoms with Crippen molar-refractivity contribution in [3.05, 3.63) is 41.5 Å². The Morgan fingerprint density at radius 3 is 2.78 bits per heavy atom.